The van der Waals surface area contributed by atoms with Gasteiger partial charge in [0.15, 0.2) is 5.78 Å². The van der Waals surface area contributed by atoms with E-state index in [0.29, 0.717) is 12.2 Å². The summed E-state index contributed by atoms with van der Waals surface area (Å²) in [6, 6.07) is 8.08. The lowest BCUT2D eigenvalue weighted by Crippen LogP contribution is -2.06. The van der Waals surface area contributed by atoms with E-state index in [9.17, 15) is 4.79 Å². The molecule has 0 radical (unpaired) electrons. The summed E-state index contributed by atoms with van der Waals surface area (Å²) in [4.78, 5) is 11.7. The topological polar surface area (TPSA) is 17.1 Å². The third kappa shape index (κ3) is 1.63. The largest absolute Gasteiger partial charge is 0.294 e. The molecule has 0 bridgehead atoms. The fourth-order valence-electron chi connectivity index (χ4n) is 1.89. The molecule has 1 aliphatic rings. The van der Waals surface area contributed by atoms with Crippen LogP contribution in [0.15, 0.2) is 30.3 Å². The van der Waals surface area contributed by atoms with Crippen molar-refractivity contribution in [3.63, 3.8) is 0 Å². The van der Waals surface area contributed by atoms with Crippen molar-refractivity contribution in [1.29, 1.82) is 0 Å². The van der Waals surface area contributed by atoms with Crippen LogP contribution >= 0.6 is 0 Å². The molecule has 0 heterocycles. The summed E-state index contributed by atoms with van der Waals surface area (Å²) < 4.78 is 0. The molecule has 0 atom stereocenters. The van der Waals surface area contributed by atoms with Gasteiger partial charge in [0.1, 0.15) is 0 Å². The van der Waals surface area contributed by atoms with Crippen molar-refractivity contribution in [2.45, 2.75) is 26.2 Å². The van der Waals surface area contributed by atoms with Gasteiger partial charge in [0.25, 0.3) is 0 Å². The molecule has 72 valence electrons. The lowest BCUT2D eigenvalue weighted by atomic mass is 9.90. The van der Waals surface area contributed by atoms with Gasteiger partial charge >= 0.3 is 0 Å². The Kier molecular flexibility index (Phi) is 2.49. The molecule has 1 heteroatoms. The summed E-state index contributed by atoms with van der Waals surface area (Å²) >= 11 is 0. The molecular weight excluding hydrogens is 172 g/mol. The zero-order valence-corrected chi connectivity index (χ0v) is 8.42. The highest BCUT2D eigenvalue weighted by atomic mass is 16.1. The second-order valence-corrected chi connectivity index (χ2v) is 3.75. The number of rotatable bonds is 1. The minimum absolute atomic E-state index is 0.297. The Balaban J connectivity index is 2.44. The first-order valence-electron chi connectivity index (χ1n) is 5.08. The Morgan fingerprint density at radius 2 is 2.00 bits per heavy atom. The van der Waals surface area contributed by atoms with E-state index in [4.69, 9.17) is 0 Å². The molecule has 0 fully saturated rings. The van der Waals surface area contributed by atoms with Gasteiger partial charge in [0, 0.05) is 12.0 Å². The molecule has 1 aromatic carbocycles. The Morgan fingerprint density at radius 3 is 2.71 bits per heavy atom. The van der Waals surface area contributed by atoms with E-state index < -0.39 is 0 Å². The Bertz CT molecular complexity index is 388. The maximum Gasteiger partial charge on any atom is 0.163 e. The maximum absolute atomic E-state index is 11.7. The second kappa shape index (κ2) is 3.79. The minimum Gasteiger partial charge on any atom is -0.294 e. The molecule has 1 nitrogen and oxygen atoms in total. The summed E-state index contributed by atoms with van der Waals surface area (Å²) in [7, 11) is 0. The molecule has 0 aliphatic heterocycles. The van der Waals surface area contributed by atoms with Gasteiger partial charge in [-0.1, -0.05) is 30.3 Å². The van der Waals surface area contributed by atoms with Crippen LogP contribution in [0.25, 0.3) is 5.57 Å². The monoisotopic (exact) mass is 186 g/mol. The average Bonchev–Trinajstić information content (AvgIpc) is 2.20. The normalized spacial score (nSPS) is 16.6. The highest BCUT2D eigenvalue weighted by Crippen LogP contribution is 2.25. The van der Waals surface area contributed by atoms with Crippen LogP contribution < -0.4 is 0 Å². The fraction of sp³-hybridized carbons (Fsp3) is 0.308. The van der Waals surface area contributed by atoms with Crippen LogP contribution in [0, 0.1) is 6.92 Å². The average molecular weight is 186 g/mol. The molecule has 0 saturated carbocycles. The zero-order valence-electron chi connectivity index (χ0n) is 8.42. The van der Waals surface area contributed by atoms with Crippen LogP contribution in [0.3, 0.4) is 0 Å². The van der Waals surface area contributed by atoms with Gasteiger partial charge < -0.3 is 0 Å². The fourth-order valence-corrected chi connectivity index (χ4v) is 1.89. The van der Waals surface area contributed by atoms with Crippen LogP contribution in [0.2, 0.25) is 0 Å². The molecule has 0 spiro atoms. The van der Waals surface area contributed by atoms with Gasteiger partial charge in [-0.2, -0.15) is 0 Å². The van der Waals surface area contributed by atoms with E-state index in [2.05, 4.69) is 19.1 Å². The predicted octanol–water partition coefficient (Wildman–Crippen LogP) is 3.13. The van der Waals surface area contributed by atoms with Crippen molar-refractivity contribution in [2.24, 2.45) is 0 Å². The molecule has 1 aromatic rings. The number of aryl methyl sites for hydroxylation is 1. The van der Waals surface area contributed by atoms with E-state index in [-0.39, 0.29) is 0 Å². The summed E-state index contributed by atoms with van der Waals surface area (Å²) in [5.74, 6) is 0.297. The van der Waals surface area contributed by atoms with Crippen LogP contribution in [-0.4, -0.2) is 5.78 Å². The number of carbonyl (C=O) groups excluding carboxylic acids is 1. The highest BCUT2D eigenvalue weighted by Gasteiger charge is 2.15. The zero-order chi connectivity index (χ0) is 9.97. The first-order chi connectivity index (χ1) is 6.79. The van der Waals surface area contributed by atoms with E-state index in [1.54, 1.807) is 0 Å². The Morgan fingerprint density at radius 1 is 1.21 bits per heavy atom. The SMILES string of the molecule is Cc1ccccc1C1=CCCCC1=O. The van der Waals surface area contributed by atoms with Crippen LogP contribution in [0.5, 0.6) is 0 Å². The molecule has 0 saturated heterocycles. The van der Waals surface area contributed by atoms with Gasteiger partial charge in [0.05, 0.1) is 0 Å². The summed E-state index contributed by atoms with van der Waals surface area (Å²) in [6.07, 6.45) is 4.83. The number of carbonyl (C=O) groups is 1. The number of ketones is 1. The summed E-state index contributed by atoms with van der Waals surface area (Å²) in [5.41, 5.74) is 3.22. The van der Waals surface area contributed by atoms with E-state index >= 15 is 0 Å². The number of allylic oxidation sites excluding steroid dienone is 2. The summed E-state index contributed by atoms with van der Waals surface area (Å²) in [6.45, 7) is 2.05. The third-order valence-electron chi connectivity index (χ3n) is 2.69. The standard InChI is InChI=1S/C13H14O/c1-10-6-2-3-7-11(10)12-8-4-5-9-13(12)14/h2-3,6-8H,4-5,9H2,1H3. The van der Waals surface area contributed by atoms with Crippen molar-refractivity contribution in [3.8, 4) is 0 Å². The molecule has 0 unspecified atom stereocenters. The Labute approximate surface area is 84.5 Å². The Hall–Kier alpha value is -1.37. The number of hydrogen-bond donors (Lipinski definition) is 0. The molecule has 0 amide bonds. The number of Topliss-reactive ketones (excluding diaryl/α,β-unsaturated/α-hetero) is 1. The first-order valence-corrected chi connectivity index (χ1v) is 5.08. The van der Waals surface area contributed by atoms with Crippen molar-refractivity contribution >= 4 is 11.4 Å². The van der Waals surface area contributed by atoms with Gasteiger partial charge in [-0.3, -0.25) is 4.79 Å². The molecule has 14 heavy (non-hydrogen) atoms. The number of benzene rings is 1. The van der Waals surface area contributed by atoms with Gasteiger partial charge in [-0.25, -0.2) is 0 Å². The van der Waals surface area contributed by atoms with Gasteiger partial charge in [-0.05, 0) is 30.9 Å². The van der Waals surface area contributed by atoms with E-state index in [0.717, 1.165) is 24.0 Å². The molecule has 1 aliphatic carbocycles. The molecule has 0 N–H and O–H groups in total. The van der Waals surface area contributed by atoms with Crippen molar-refractivity contribution in [2.75, 3.05) is 0 Å². The van der Waals surface area contributed by atoms with Crippen molar-refractivity contribution in [1.82, 2.24) is 0 Å². The van der Waals surface area contributed by atoms with Crippen LogP contribution in [0.4, 0.5) is 0 Å². The molecule has 0 aromatic heterocycles. The molecule has 2 rings (SSSR count). The van der Waals surface area contributed by atoms with Gasteiger partial charge in [0.2, 0.25) is 0 Å². The smallest absolute Gasteiger partial charge is 0.163 e. The summed E-state index contributed by atoms with van der Waals surface area (Å²) in [5, 5.41) is 0. The maximum atomic E-state index is 11.7. The van der Waals surface area contributed by atoms with Crippen molar-refractivity contribution < 1.29 is 4.79 Å². The van der Waals surface area contributed by atoms with Gasteiger partial charge in [-0.15, -0.1) is 0 Å². The van der Waals surface area contributed by atoms with Crippen LogP contribution in [-0.2, 0) is 4.79 Å². The van der Waals surface area contributed by atoms with E-state index in [1.807, 2.05) is 18.2 Å². The van der Waals surface area contributed by atoms with Crippen LogP contribution in [0.1, 0.15) is 30.4 Å². The van der Waals surface area contributed by atoms with Crippen molar-refractivity contribution in [3.05, 3.63) is 41.5 Å². The predicted molar refractivity (Wildman–Crippen MR) is 58.0 cm³/mol. The second-order valence-electron chi connectivity index (χ2n) is 3.75. The lowest BCUT2D eigenvalue weighted by molar-refractivity contribution is -0.114. The molecular formula is C13H14O. The third-order valence-corrected chi connectivity index (χ3v) is 2.69. The quantitative estimate of drug-likeness (QED) is 0.658. The number of hydrogen-bond acceptors (Lipinski definition) is 1. The highest BCUT2D eigenvalue weighted by molar-refractivity contribution is 6.21. The van der Waals surface area contributed by atoms with E-state index in [1.165, 1.54) is 5.56 Å². The minimum atomic E-state index is 0.297. The lowest BCUT2D eigenvalue weighted by Gasteiger charge is -2.13. The first kappa shape index (κ1) is 9.20.